The predicted molar refractivity (Wildman–Crippen MR) is 125 cm³/mol. The van der Waals surface area contributed by atoms with Gasteiger partial charge in [-0.05, 0) is 57.7 Å². The van der Waals surface area contributed by atoms with Gasteiger partial charge in [-0.25, -0.2) is 8.42 Å². The number of hydrogen-bond acceptors (Lipinski definition) is 7. The Bertz CT molecular complexity index is 1070. The number of hydrogen-bond donors (Lipinski definition) is 1. The number of sulfonamides is 1. The molecule has 0 atom stereocenters. The molecule has 2 aliphatic rings. The Morgan fingerprint density at radius 3 is 2.48 bits per heavy atom. The van der Waals surface area contributed by atoms with Crippen LogP contribution in [-0.2, 0) is 26.0 Å². The molecule has 1 amide bonds. The number of ether oxygens (including phenoxy) is 1. The van der Waals surface area contributed by atoms with Gasteiger partial charge in [-0.3, -0.25) is 4.79 Å². The molecule has 0 aliphatic carbocycles. The first-order valence-electron chi connectivity index (χ1n) is 11.5. The summed E-state index contributed by atoms with van der Waals surface area (Å²) in [6, 6.07) is 5.07. The number of anilines is 2. The minimum absolute atomic E-state index is 0.172. The Balaban J connectivity index is 1.57. The molecule has 1 aromatic heterocycles. The fourth-order valence-electron chi connectivity index (χ4n) is 4.43. The lowest BCUT2D eigenvalue weighted by molar-refractivity contribution is -0.116. The minimum Gasteiger partial charge on any atom is -0.379 e. The summed E-state index contributed by atoms with van der Waals surface area (Å²) in [5.41, 5.74) is 3.12. The standard InChI is InChI=1S/C23H32N4O5S/c1-17-20(18(2)32-25-17)7-9-23(28)24-21-16-19(33(29,30)27-12-14-31-15-13-27)6-8-22(21)26-10-4-3-5-11-26/h6,8,16H,3-5,7,9-15H2,1-2H3,(H,24,28). The van der Waals surface area contributed by atoms with Crippen LogP contribution in [-0.4, -0.2) is 63.2 Å². The third-order valence-corrected chi connectivity index (χ3v) is 8.22. The maximum atomic E-state index is 13.2. The third kappa shape index (κ3) is 5.39. The van der Waals surface area contributed by atoms with E-state index in [0.717, 1.165) is 42.9 Å². The van der Waals surface area contributed by atoms with Crippen molar-refractivity contribution in [1.82, 2.24) is 9.46 Å². The van der Waals surface area contributed by atoms with Crippen LogP contribution in [0.3, 0.4) is 0 Å². The second-order valence-electron chi connectivity index (χ2n) is 8.59. The number of benzene rings is 1. The van der Waals surface area contributed by atoms with Crippen LogP contribution in [0.25, 0.3) is 0 Å². The van der Waals surface area contributed by atoms with E-state index in [0.29, 0.717) is 44.2 Å². The molecule has 4 rings (SSSR count). The molecular weight excluding hydrogens is 444 g/mol. The summed E-state index contributed by atoms with van der Waals surface area (Å²) in [5.74, 6) is 0.544. The number of amides is 1. The molecule has 2 fully saturated rings. The van der Waals surface area contributed by atoms with Crippen molar-refractivity contribution in [2.75, 3.05) is 49.6 Å². The van der Waals surface area contributed by atoms with E-state index < -0.39 is 10.0 Å². The quantitative estimate of drug-likeness (QED) is 0.655. The number of nitrogens with one attached hydrogen (secondary N) is 1. The molecule has 0 saturated carbocycles. The van der Waals surface area contributed by atoms with Crippen molar-refractivity contribution >= 4 is 27.3 Å². The third-order valence-electron chi connectivity index (χ3n) is 6.33. The number of nitrogens with zero attached hydrogens (tertiary/aromatic N) is 3. The van der Waals surface area contributed by atoms with Gasteiger partial charge in [0.25, 0.3) is 0 Å². The number of rotatable bonds is 7. The molecule has 0 bridgehead atoms. The highest BCUT2D eigenvalue weighted by molar-refractivity contribution is 7.89. The first kappa shape index (κ1) is 23.7. The maximum Gasteiger partial charge on any atom is 0.243 e. The summed E-state index contributed by atoms with van der Waals surface area (Å²) < 4.78 is 38.3. The summed E-state index contributed by atoms with van der Waals surface area (Å²) in [5, 5.41) is 6.93. The maximum absolute atomic E-state index is 13.2. The largest absolute Gasteiger partial charge is 0.379 e. The zero-order valence-corrected chi connectivity index (χ0v) is 20.1. The van der Waals surface area contributed by atoms with Gasteiger partial charge in [-0.2, -0.15) is 4.31 Å². The summed E-state index contributed by atoms with van der Waals surface area (Å²) in [4.78, 5) is 15.3. The lowest BCUT2D eigenvalue weighted by Crippen LogP contribution is -2.40. The van der Waals surface area contributed by atoms with Gasteiger partial charge in [0.2, 0.25) is 15.9 Å². The SMILES string of the molecule is Cc1noc(C)c1CCC(=O)Nc1cc(S(=O)(=O)N2CCOCC2)ccc1N1CCCCC1. The van der Waals surface area contributed by atoms with E-state index in [1.54, 1.807) is 12.1 Å². The molecule has 9 nitrogen and oxygen atoms in total. The monoisotopic (exact) mass is 476 g/mol. The van der Waals surface area contributed by atoms with Crippen LogP contribution in [0.2, 0.25) is 0 Å². The Morgan fingerprint density at radius 2 is 1.82 bits per heavy atom. The van der Waals surface area contributed by atoms with E-state index in [9.17, 15) is 13.2 Å². The molecular formula is C23H32N4O5S. The molecule has 2 aliphatic heterocycles. The van der Waals surface area contributed by atoms with Gasteiger partial charge < -0.3 is 19.5 Å². The van der Waals surface area contributed by atoms with Crippen molar-refractivity contribution in [3.05, 3.63) is 35.2 Å². The zero-order chi connectivity index (χ0) is 23.4. The van der Waals surface area contributed by atoms with E-state index in [4.69, 9.17) is 9.26 Å². The smallest absolute Gasteiger partial charge is 0.243 e. The summed E-state index contributed by atoms with van der Waals surface area (Å²) >= 11 is 0. The average molecular weight is 477 g/mol. The highest BCUT2D eigenvalue weighted by Gasteiger charge is 2.28. The van der Waals surface area contributed by atoms with Gasteiger partial charge in [0, 0.05) is 38.2 Å². The molecule has 2 saturated heterocycles. The molecule has 0 radical (unpaired) electrons. The molecule has 0 spiro atoms. The van der Waals surface area contributed by atoms with Gasteiger partial charge >= 0.3 is 0 Å². The van der Waals surface area contributed by atoms with E-state index >= 15 is 0 Å². The second kappa shape index (κ2) is 10.2. The average Bonchev–Trinajstić information content (AvgIpc) is 3.15. The zero-order valence-electron chi connectivity index (χ0n) is 19.3. The van der Waals surface area contributed by atoms with Gasteiger partial charge in [-0.15, -0.1) is 0 Å². The fourth-order valence-corrected chi connectivity index (χ4v) is 5.87. The van der Waals surface area contributed by atoms with E-state index in [1.165, 1.54) is 10.7 Å². The second-order valence-corrected chi connectivity index (χ2v) is 10.5. The lowest BCUT2D eigenvalue weighted by Gasteiger charge is -2.31. The van der Waals surface area contributed by atoms with Crippen LogP contribution < -0.4 is 10.2 Å². The van der Waals surface area contributed by atoms with Crippen LogP contribution in [0.15, 0.2) is 27.6 Å². The van der Waals surface area contributed by atoms with Crippen LogP contribution in [0.4, 0.5) is 11.4 Å². The van der Waals surface area contributed by atoms with Gasteiger partial charge in [-0.1, -0.05) is 5.16 Å². The molecule has 1 aromatic carbocycles. The highest BCUT2D eigenvalue weighted by atomic mass is 32.2. The Morgan fingerprint density at radius 1 is 1.09 bits per heavy atom. The summed E-state index contributed by atoms with van der Waals surface area (Å²) in [7, 11) is -3.66. The lowest BCUT2D eigenvalue weighted by atomic mass is 10.1. The van der Waals surface area contributed by atoms with Gasteiger partial charge in [0.15, 0.2) is 0 Å². The molecule has 0 unspecified atom stereocenters. The molecule has 33 heavy (non-hydrogen) atoms. The number of carbonyl (C=O) groups excluding carboxylic acids is 1. The highest BCUT2D eigenvalue weighted by Crippen LogP contribution is 2.32. The van der Waals surface area contributed by atoms with Crippen molar-refractivity contribution in [3.63, 3.8) is 0 Å². The van der Waals surface area contributed by atoms with Crippen LogP contribution in [0, 0.1) is 13.8 Å². The predicted octanol–water partition coefficient (Wildman–Crippen LogP) is 2.87. The minimum atomic E-state index is -3.66. The molecule has 1 N–H and O–H groups in total. The van der Waals surface area contributed by atoms with Crippen molar-refractivity contribution in [2.45, 2.75) is 50.8 Å². The number of morpholine rings is 1. The van der Waals surface area contributed by atoms with Crippen LogP contribution >= 0.6 is 0 Å². The topological polar surface area (TPSA) is 105 Å². The van der Waals surface area contributed by atoms with E-state index in [2.05, 4.69) is 15.4 Å². The first-order chi connectivity index (χ1) is 15.9. The van der Waals surface area contributed by atoms with Crippen molar-refractivity contribution in [1.29, 1.82) is 0 Å². The van der Waals surface area contributed by atoms with E-state index in [-0.39, 0.29) is 17.2 Å². The van der Waals surface area contributed by atoms with Gasteiger partial charge in [0.1, 0.15) is 5.76 Å². The molecule has 10 heteroatoms. The molecule has 2 aromatic rings. The Kier molecular flexibility index (Phi) is 7.35. The van der Waals surface area contributed by atoms with Crippen molar-refractivity contribution in [3.8, 4) is 0 Å². The summed E-state index contributed by atoms with van der Waals surface area (Å²) in [6.45, 7) is 6.90. The van der Waals surface area contributed by atoms with Crippen molar-refractivity contribution in [2.24, 2.45) is 0 Å². The number of carbonyl (C=O) groups is 1. The summed E-state index contributed by atoms with van der Waals surface area (Å²) in [6.07, 6.45) is 4.10. The number of aryl methyl sites for hydroxylation is 2. The first-order valence-corrected chi connectivity index (χ1v) is 13.0. The van der Waals surface area contributed by atoms with E-state index in [1.807, 2.05) is 19.9 Å². The van der Waals surface area contributed by atoms with Crippen LogP contribution in [0.5, 0.6) is 0 Å². The normalized spacial score (nSPS) is 17.8. The number of piperidine rings is 1. The Labute approximate surface area is 195 Å². The molecule has 3 heterocycles. The van der Waals surface area contributed by atoms with Gasteiger partial charge in [0.05, 0.1) is 35.2 Å². The van der Waals surface area contributed by atoms with Crippen LogP contribution in [0.1, 0.15) is 42.7 Å². The number of aromatic nitrogens is 1. The fraction of sp³-hybridized carbons (Fsp3) is 0.565. The van der Waals surface area contributed by atoms with Crippen molar-refractivity contribution < 1.29 is 22.5 Å². The Hall–Kier alpha value is -2.43. The molecule has 180 valence electrons.